The SMILES string of the molecule is C[C@]1(C(N)=O)COc2c1cc([C@@](O)(CNC(=O)c1cccc3nccn13)C(F)(F)F)nc2-c1ccc(F)cc1. The third kappa shape index (κ3) is 4.24. The number of carbonyl (C=O) groups excluding carboxylic acids is 2. The van der Waals surface area contributed by atoms with Crippen LogP contribution >= 0.6 is 0 Å². The zero-order chi connectivity index (χ0) is 28.2. The minimum atomic E-state index is -5.33. The molecule has 1 aromatic carbocycles. The summed E-state index contributed by atoms with van der Waals surface area (Å²) < 4.78 is 64.1. The Morgan fingerprint density at radius 3 is 2.59 bits per heavy atom. The van der Waals surface area contributed by atoms with Crippen LogP contribution in [0.3, 0.4) is 0 Å². The van der Waals surface area contributed by atoms with Crippen molar-refractivity contribution in [2.45, 2.75) is 24.1 Å². The van der Waals surface area contributed by atoms with Crippen LogP contribution in [0, 0.1) is 5.82 Å². The normalized spacial score (nSPS) is 18.3. The molecule has 2 atom stereocenters. The molecule has 0 spiro atoms. The topological polar surface area (TPSA) is 132 Å². The highest BCUT2D eigenvalue weighted by atomic mass is 19.4. The van der Waals surface area contributed by atoms with Crippen LogP contribution in [0.1, 0.15) is 28.7 Å². The second-order valence-corrected chi connectivity index (χ2v) is 9.33. The summed E-state index contributed by atoms with van der Waals surface area (Å²) in [5.41, 5.74) is -0.240. The van der Waals surface area contributed by atoms with Gasteiger partial charge < -0.3 is 20.9 Å². The molecule has 3 aromatic heterocycles. The summed E-state index contributed by atoms with van der Waals surface area (Å²) in [6.07, 6.45) is -2.45. The number of benzene rings is 1. The third-order valence-electron chi connectivity index (χ3n) is 6.79. The molecule has 202 valence electrons. The van der Waals surface area contributed by atoms with Crippen molar-refractivity contribution < 1.29 is 37.0 Å². The number of hydrogen-bond acceptors (Lipinski definition) is 6. The van der Waals surface area contributed by atoms with E-state index >= 15 is 0 Å². The standard InChI is InChI=1S/C26H21F4N5O4/c1-24(23(31)37)13-39-21-16(24)11-18(34-20(21)14-5-7-15(27)8-6-14)25(38,26(28,29)30)12-33-22(36)17-3-2-4-19-32-9-10-35(17)19/h2-11,38H,12-13H2,1H3,(H2,31,37)(H,33,36)/t24-,25-/m0/s1. The van der Waals surface area contributed by atoms with Gasteiger partial charge in [0.1, 0.15) is 40.6 Å². The predicted molar refractivity (Wildman–Crippen MR) is 129 cm³/mol. The van der Waals surface area contributed by atoms with Gasteiger partial charge in [0.2, 0.25) is 11.5 Å². The molecule has 1 aliphatic heterocycles. The smallest absolute Gasteiger partial charge is 0.424 e. The Morgan fingerprint density at radius 1 is 1.21 bits per heavy atom. The average molecular weight is 543 g/mol. The van der Waals surface area contributed by atoms with Crippen molar-refractivity contribution >= 4 is 17.5 Å². The molecule has 4 aromatic rings. The lowest BCUT2D eigenvalue weighted by Crippen LogP contribution is -2.52. The molecule has 4 N–H and O–H groups in total. The van der Waals surface area contributed by atoms with E-state index in [1.165, 1.54) is 48.0 Å². The molecule has 13 heteroatoms. The maximum atomic E-state index is 14.5. The van der Waals surface area contributed by atoms with Gasteiger partial charge in [0.15, 0.2) is 0 Å². The number of nitrogens with two attached hydrogens (primary N) is 1. The van der Waals surface area contributed by atoms with Crippen molar-refractivity contribution in [3.8, 4) is 17.0 Å². The van der Waals surface area contributed by atoms with Crippen LogP contribution in [-0.4, -0.2) is 50.6 Å². The van der Waals surface area contributed by atoms with Crippen LogP contribution in [-0.2, 0) is 15.8 Å². The van der Waals surface area contributed by atoms with Crippen LogP contribution < -0.4 is 15.8 Å². The Morgan fingerprint density at radius 2 is 1.92 bits per heavy atom. The summed E-state index contributed by atoms with van der Waals surface area (Å²) in [7, 11) is 0. The van der Waals surface area contributed by atoms with Crippen LogP contribution in [0.4, 0.5) is 17.6 Å². The fourth-order valence-corrected chi connectivity index (χ4v) is 4.37. The number of ether oxygens (including phenoxy) is 1. The van der Waals surface area contributed by atoms with E-state index in [0.29, 0.717) is 5.65 Å². The third-order valence-corrected chi connectivity index (χ3v) is 6.79. The van der Waals surface area contributed by atoms with Crippen molar-refractivity contribution in [3.05, 3.63) is 83.7 Å². The number of carbonyl (C=O) groups is 2. The van der Waals surface area contributed by atoms with Gasteiger partial charge in [-0.15, -0.1) is 0 Å². The first-order valence-electron chi connectivity index (χ1n) is 11.6. The highest BCUT2D eigenvalue weighted by molar-refractivity contribution is 5.93. The molecule has 0 saturated heterocycles. The summed E-state index contributed by atoms with van der Waals surface area (Å²) in [5.74, 6) is -2.41. The Hall–Kier alpha value is -4.52. The molecule has 0 bridgehead atoms. The van der Waals surface area contributed by atoms with Gasteiger partial charge in [-0.2, -0.15) is 13.2 Å². The Balaban J connectivity index is 1.62. The monoisotopic (exact) mass is 543 g/mol. The van der Waals surface area contributed by atoms with Crippen LogP contribution in [0.25, 0.3) is 16.9 Å². The van der Waals surface area contributed by atoms with E-state index in [4.69, 9.17) is 10.5 Å². The minimum absolute atomic E-state index is 0.0156. The Bertz CT molecular complexity index is 1600. The van der Waals surface area contributed by atoms with E-state index in [2.05, 4.69) is 15.3 Å². The summed E-state index contributed by atoms with van der Waals surface area (Å²) >= 11 is 0. The highest BCUT2D eigenvalue weighted by Crippen LogP contribution is 2.47. The van der Waals surface area contributed by atoms with Crippen LogP contribution in [0.5, 0.6) is 5.75 Å². The molecule has 0 aliphatic carbocycles. The summed E-state index contributed by atoms with van der Waals surface area (Å²) in [5, 5.41) is 13.2. The molecular weight excluding hydrogens is 522 g/mol. The lowest BCUT2D eigenvalue weighted by molar-refractivity contribution is -0.265. The molecule has 5 rings (SSSR count). The van der Waals surface area contributed by atoms with Crippen LogP contribution in [0.15, 0.2) is 60.9 Å². The van der Waals surface area contributed by atoms with E-state index in [0.717, 1.165) is 18.2 Å². The first-order valence-corrected chi connectivity index (χ1v) is 11.6. The molecule has 39 heavy (non-hydrogen) atoms. The zero-order valence-electron chi connectivity index (χ0n) is 20.3. The van der Waals surface area contributed by atoms with E-state index < -0.39 is 47.1 Å². The lowest BCUT2D eigenvalue weighted by Gasteiger charge is -2.31. The number of nitrogens with zero attached hydrogens (tertiary/aromatic N) is 3. The average Bonchev–Trinajstić information content (AvgIpc) is 3.52. The van der Waals surface area contributed by atoms with E-state index in [-0.39, 0.29) is 34.9 Å². The lowest BCUT2D eigenvalue weighted by atomic mass is 9.81. The first kappa shape index (κ1) is 26.1. The second-order valence-electron chi connectivity index (χ2n) is 9.33. The van der Waals surface area contributed by atoms with Crippen molar-refractivity contribution in [1.29, 1.82) is 0 Å². The van der Waals surface area contributed by atoms with Gasteiger partial charge in [-0.25, -0.2) is 14.4 Å². The van der Waals surface area contributed by atoms with Gasteiger partial charge >= 0.3 is 6.18 Å². The van der Waals surface area contributed by atoms with E-state index in [1.807, 2.05) is 0 Å². The molecule has 4 heterocycles. The van der Waals surface area contributed by atoms with Crippen molar-refractivity contribution in [1.82, 2.24) is 19.7 Å². The first-order chi connectivity index (χ1) is 18.3. The highest BCUT2D eigenvalue weighted by Gasteiger charge is 2.57. The largest absolute Gasteiger partial charge is 0.489 e. The second kappa shape index (κ2) is 9.05. The number of fused-ring (bicyclic) bond motifs is 2. The molecule has 0 fully saturated rings. The number of aromatic nitrogens is 3. The quantitative estimate of drug-likeness (QED) is 0.321. The zero-order valence-corrected chi connectivity index (χ0v) is 20.3. The maximum absolute atomic E-state index is 14.5. The maximum Gasteiger partial charge on any atom is 0.424 e. The number of hydrogen-bond donors (Lipinski definition) is 3. The number of amides is 2. The molecule has 1 aliphatic rings. The van der Waals surface area contributed by atoms with E-state index in [1.54, 1.807) is 6.07 Å². The number of nitrogens with one attached hydrogen (secondary N) is 1. The summed E-state index contributed by atoms with van der Waals surface area (Å²) in [6, 6.07) is 10.1. The number of rotatable bonds is 6. The minimum Gasteiger partial charge on any atom is -0.489 e. The molecule has 2 amide bonds. The van der Waals surface area contributed by atoms with Crippen molar-refractivity contribution in [2.75, 3.05) is 13.2 Å². The van der Waals surface area contributed by atoms with Gasteiger partial charge in [0.05, 0.1) is 12.2 Å². The Labute approximate surface area is 218 Å². The molecule has 0 unspecified atom stereocenters. The fraction of sp³-hybridized carbons (Fsp3) is 0.231. The molecule has 9 nitrogen and oxygen atoms in total. The summed E-state index contributed by atoms with van der Waals surface area (Å²) in [6.45, 7) is -0.212. The van der Waals surface area contributed by atoms with Gasteiger partial charge in [0.25, 0.3) is 5.91 Å². The van der Waals surface area contributed by atoms with Gasteiger partial charge in [-0.3, -0.25) is 14.0 Å². The van der Waals surface area contributed by atoms with E-state index in [9.17, 15) is 32.3 Å². The Kier molecular flexibility index (Phi) is 6.06. The summed E-state index contributed by atoms with van der Waals surface area (Å²) in [4.78, 5) is 33.3. The molecular formula is C26H21F4N5O4. The van der Waals surface area contributed by atoms with Crippen molar-refractivity contribution in [3.63, 3.8) is 0 Å². The number of halogens is 4. The number of alkyl halides is 3. The predicted octanol–water partition coefficient (Wildman–Crippen LogP) is 2.85. The number of imidazole rings is 1. The molecule has 0 saturated carbocycles. The fourth-order valence-electron chi connectivity index (χ4n) is 4.37. The van der Waals surface area contributed by atoms with Crippen molar-refractivity contribution in [2.24, 2.45) is 5.73 Å². The number of primary amides is 1. The van der Waals surface area contributed by atoms with Gasteiger partial charge in [0, 0.05) is 23.5 Å². The van der Waals surface area contributed by atoms with Crippen LogP contribution in [0.2, 0.25) is 0 Å². The number of aliphatic hydroxyl groups is 1. The van der Waals surface area contributed by atoms with Gasteiger partial charge in [-0.1, -0.05) is 6.07 Å². The van der Waals surface area contributed by atoms with Gasteiger partial charge in [-0.05, 0) is 49.4 Å². The number of pyridine rings is 2. The molecule has 0 radical (unpaired) electrons.